The first-order valence-corrected chi connectivity index (χ1v) is 6.96. The number of amides is 2. The molecule has 2 N–H and O–H groups in total. The maximum Gasteiger partial charge on any atom is 0.312 e. The minimum Gasteiger partial charge on any atom is -0.354 e. The number of aromatic nitrogens is 2. The van der Waals surface area contributed by atoms with Crippen LogP contribution >= 0.6 is 0 Å². The Bertz CT molecular complexity index is 579. The topological polar surface area (TPSA) is 119 Å². The predicted molar refractivity (Wildman–Crippen MR) is 79.2 cm³/mol. The van der Waals surface area contributed by atoms with Crippen LogP contribution in [0.15, 0.2) is 0 Å². The van der Waals surface area contributed by atoms with E-state index in [1.54, 1.807) is 20.8 Å². The summed E-state index contributed by atoms with van der Waals surface area (Å²) in [7, 11) is 0. The van der Waals surface area contributed by atoms with Crippen LogP contribution in [0, 0.1) is 29.9 Å². The number of rotatable bonds is 7. The molecule has 0 fully saturated rings. The van der Waals surface area contributed by atoms with Crippen LogP contribution in [0.1, 0.15) is 25.2 Å². The second-order valence-corrected chi connectivity index (χ2v) is 5.23. The van der Waals surface area contributed by atoms with Crippen molar-refractivity contribution in [3.05, 3.63) is 21.5 Å². The van der Waals surface area contributed by atoms with Gasteiger partial charge in [-0.05, 0) is 13.8 Å². The number of carbonyl (C=O) groups excluding carboxylic acids is 2. The van der Waals surface area contributed by atoms with Crippen LogP contribution in [0.3, 0.4) is 0 Å². The molecule has 0 atom stereocenters. The summed E-state index contributed by atoms with van der Waals surface area (Å²) in [6.07, 6.45) is 0. The van der Waals surface area contributed by atoms with Gasteiger partial charge in [0.25, 0.3) is 0 Å². The van der Waals surface area contributed by atoms with E-state index in [9.17, 15) is 19.7 Å². The molecule has 1 rings (SSSR count). The van der Waals surface area contributed by atoms with Gasteiger partial charge < -0.3 is 10.6 Å². The van der Waals surface area contributed by atoms with Crippen LogP contribution in [0.5, 0.6) is 0 Å². The Morgan fingerprint density at radius 3 is 2.36 bits per heavy atom. The van der Waals surface area contributed by atoms with Gasteiger partial charge in [-0.25, -0.2) is 0 Å². The molecule has 1 aromatic rings. The molecule has 1 aromatic heterocycles. The number of aryl methyl sites for hydroxylation is 1. The summed E-state index contributed by atoms with van der Waals surface area (Å²) >= 11 is 0. The molecule has 122 valence electrons. The van der Waals surface area contributed by atoms with E-state index in [2.05, 4.69) is 15.7 Å². The molecule has 0 radical (unpaired) electrons. The zero-order valence-electron chi connectivity index (χ0n) is 13.2. The van der Waals surface area contributed by atoms with Crippen LogP contribution in [-0.2, 0) is 16.1 Å². The Morgan fingerprint density at radius 1 is 1.27 bits per heavy atom. The van der Waals surface area contributed by atoms with Gasteiger partial charge in [0.2, 0.25) is 11.8 Å². The summed E-state index contributed by atoms with van der Waals surface area (Å²) < 4.78 is 1.30. The first kappa shape index (κ1) is 17.6. The number of nitro groups is 1. The van der Waals surface area contributed by atoms with Gasteiger partial charge in [0.05, 0.1) is 4.92 Å². The normalized spacial score (nSPS) is 10.6. The van der Waals surface area contributed by atoms with Gasteiger partial charge in [-0.3, -0.25) is 24.4 Å². The van der Waals surface area contributed by atoms with Crippen LogP contribution < -0.4 is 10.6 Å². The lowest BCUT2D eigenvalue weighted by molar-refractivity contribution is -0.386. The van der Waals surface area contributed by atoms with Gasteiger partial charge in [-0.1, -0.05) is 13.8 Å². The maximum absolute atomic E-state index is 11.8. The van der Waals surface area contributed by atoms with E-state index in [1.165, 1.54) is 11.6 Å². The average Bonchev–Trinajstić information content (AvgIpc) is 2.68. The van der Waals surface area contributed by atoms with Crippen LogP contribution in [0.4, 0.5) is 5.69 Å². The quantitative estimate of drug-likeness (QED) is 0.426. The summed E-state index contributed by atoms with van der Waals surface area (Å²) in [6, 6.07) is 0. The fraction of sp³-hybridized carbons (Fsp3) is 0.615. The number of hydrogen-bond donors (Lipinski definition) is 2. The Balaban J connectivity index is 2.48. The van der Waals surface area contributed by atoms with Crippen molar-refractivity contribution in [1.82, 2.24) is 20.4 Å². The highest BCUT2D eigenvalue weighted by molar-refractivity contribution is 5.78. The second kappa shape index (κ2) is 7.53. The molecular formula is C13H21N5O4. The minimum absolute atomic E-state index is 0.0722. The molecule has 0 aliphatic rings. The number of nitrogens with zero attached hydrogens (tertiary/aromatic N) is 3. The Kier molecular flexibility index (Phi) is 6.02. The summed E-state index contributed by atoms with van der Waals surface area (Å²) in [4.78, 5) is 33.5. The molecule has 1 heterocycles. The van der Waals surface area contributed by atoms with Gasteiger partial charge in [-0.15, -0.1) is 0 Å². The van der Waals surface area contributed by atoms with E-state index in [0.29, 0.717) is 18.8 Å². The maximum atomic E-state index is 11.8. The first-order chi connectivity index (χ1) is 10.2. The molecule has 0 aromatic carbocycles. The second-order valence-electron chi connectivity index (χ2n) is 5.23. The van der Waals surface area contributed by atoms with Crippen molar-refractivity contribution >= 4 is 17.5 Å². The molecule has 0 saturated carbocycles. The molecule has 9 heteroatoms. The van der Waals surface area contributed by atoms with Crippen molar-refractivity contribution in [3.8, 4) is 0 Å². The Hall–Kier alpha value is -2.45. The third kappa shape index (κ3) is 4.54. The average molecular weight is 311 g/mol. The minimum atomic E-state index is -0.506. The number of hydrogen-bond acceptors (Lipinski definition) is 5. The molecule has 0 unspecified atom stereocenters. The Labute approximate surface area is 128 Å². The van der Waals surface area contributed by atoms with E-state index in [0.717, 1.165) is 0 Å². The Morgan fingerprint density at radius 2 is 1.86 bits per heavy atom. The van der Waals surface area contributed by atoms with Gasteiger partial charge in [-0.2, -0.15) is 5.10 Å². The lowest BCUT2D eigenvalue weighted by atomic mass is 10.2. The molecule has 0 saturated heterocycles. The fourth-order valence-electron chi connectivity index (χ4n) is 1.89. The van der Waals surface area contributed by atoms with Crippen LogP contribution in [0.25, 0.3) is 0 Å². The zero-order valence-corrected chi connectivity index (χ0v) is 13.2. The van der Waals surface area contributed by atoms with Crippen molar-refractivity contribution in [2.45, 2.75) is 34.2 Å². The van der Waals surface area contributed by atoms with E-state index in [1.807, 2.05) is 0 Å². The number of nitrogens with one attached hydrogen (secondary N) is 2. The molecule has 0 aliphatic heterocycles. The SMILES string of the molecule is Cc1nn(CC(=O)NCCNC(=O)C(C)C)c(C)c1[N+](=O)[O-]. The molecule has 0 aliphatic carbocycles. The van der Waals surface area contributed by atoms with Crippen molar-refractivity contribution in [1.29, 1.82) is 0 Å². The highest BCUT2D eigenvalue weighted by Gasteiger charge is 2.22. The van der Waals surface area contributed by atoms with E-state index < -0.39 is 4.92 Å². The van der Waals surface area contributed by atoms with Gasteiger partial charge in [0.15, 0.2) is 0 Å². The van der Waals surface area contributed by atoms with Gasteiger partial charge in [0.1, 0.15) is 17.9 Å². The monoisotopic (exact) mass is 311 g/mol. The molecule has 0 bridgehead atoms. The summed E-state index contributed by atoms with van der Waals surface area (Å²) in [5.74, 6) is -0.506. The van der Waals surface area contributed by atoms with Crippen molar-refractivity contribution in [2.24, 2.45) is 5.92 Å². The zero-order chi connectivity index (χ0) is 16.9. The molecule has 0 spiro atoms. The predicted octanol–water partition coefficient (Wildman–Crippen LogP) is 0.297. The van der Waals surface area contributed by atoms with E-state index in [4.69, 9.17) is 0 Å². The van der Waals surface area contributed by atoms with Crippen molar-refractivity contribution < 1.29 is 14.5 Å². The van der Waals surface area contributed by atoms with Crippen LogP contribution in [-0.4, -0.2) is 39.6 Å². The van der Waals surface area contributed by atoms with Crippen LogP contribution in [0.2, 0.25) is 0 Å². The lowest BCUT2D eigenvalue weighted by Gasteiger charge is -2.09. The lowest BCUT2D eigenvalue weighted by Crippen LogP contribution is -2.37. The van der Waals surface area contributed by atoms with Crippen molar-refractivity contribution in [2.75, 3.05) is 13.1 Å². The van der Waals surface area contributed by atoms with Gasteiger partial charge >= 0.3 is 5.69 Å². The molecule has 2 amide bonds. The molecule has 9 nitrogen and oxygen atoms in total. The summed E-state index contributed by atoms with van der Waals surface area (Å²) in [5.41, 5.74) is 0.544. The smallest absolute Gasteiger partial charge is 0.312 e. The fourth-order valence-corrected chi connectivity index (χ4v) is 1.89. The van der Waals surface area contributed by atoms with E-state index in [-0.39, 0.29) is 35.7 Å². The molecule has 22 heavy (non-hydrogen) atoms. The standard InChI is InChI=1S/C13H21N5O4/c1-8(2)13(20)15-6-5-14-11(19)7-17-10(4)12(18(21)22)9(3)16-17/h8H,5-7H2,1-4H3,(H,14,19)(H,15,20). The third-order valence-electron chi connectivity index (χ3n) is 3.09. The number of carbonyl (C=O) groups is 2. The van der Waals surface area contributed by atoms with Crippen molar-refractivity contribution in [3.63, 3.8) is 0 Å². The van der Waals surface area contributed by atoms with E-state index >= 15 is 0 Å². The summed E-state index contributed by atoms with van der Waals surface area (Å²) in [6.45, 7) is 7.17. The highest BCUT2D eigenvalue weighted by atomic mass is 16.6. The third-order valence-corrected chi connectivity index (χ3v) is 3.09. The van der Waals surface area contributed by atoms with Gasteiger partial charge in [0, 0.05) is 19.0 Å². The highest BCUT2D eigenvalue weighted by Crippen LogP contribution is 2.21. The molecular weight excluding hydrogens is 290 g/mol. The summed E-state index contributed by atoms with van der Waals surface area (Å²) in [5, 5.41) is 20.2. The first-order valence-electron chi connectivity index (χ1n) is 6.96. The largest absolute Gasteiger partial charge is 0.354 e.